The second-order valence-corrected chi connectivity index (χ2v) is 5.67. The van der Waals surface area contributed by atoms with Gasteiger partial charge in [0.1, 0.15) is 5.38 Å². The Morgan fingerprint density at radius 2 is 1.40 bits per heavy atom. The summed E-state index contributed by atoms with van der Waals surface area (Å²) in [7, 11) is 0. The van der Waals surface area contributed by atoms with Gasteiger partial charge in [0.2, 0.25) is 11.8 Å². The molecule has 0 fully saturated rings. The van der Waals surface area contributed by atoms with Crippen LogP contribution in [-0.2, 0) is 15.8 Å². The van der Waals surface area contributed by atoms with Crippen LogP contribution < -0.4 is 10.6 Å². The zero-order valence-electron chi connectivity index (χ0n) is 13.0. The van der Waals surface area contributed by atoms with E-state index < -0.39 is 23.0 Å². The van der Waals surface area contributed by atoms with Gasteiger partial charge in [-0.1, -0.05) is 12.1 Å². The Morgan fingerprint density at radius 3 is 1.84 bits per heavy atom. The molecule has 2 aromatic rings. The van der Waals surface area contributed by atoms with E-state index in [0.717, 1.165) is 12.1 Å². The summed E-state index contributed by atoms with van der Waals surface area (Å²) in [6.07, 6.45) is -4.45. The highest BCUT2D eigenvalue weighted by atomic mass is 35.5. The molecule has 4 nitrogen and oxygen atoms in total. The lowest BCUT2D eigenvalue weighted by Crippen LogP contribution is -2.17. The summed E-state index contributed by atoms with van der Waals surface area (Å²) >= 11 is 6.02. The van der Waals surface area contributed by atoms with Crippen LogP contribution in [-0.4, -0.2) is 11.8 Å². The van der Waals surface area contributed by atoms with E-state index in [4.69, 9.17) is 11.6 Å². The zero-order valence-corrected chi connectivity index (χ0v) is 13.8. The van der Waals surface area contributed by atoms with Crippen molar-refractivity contribution in [1.82, 2.24) is 0 Å². The van der Waals surface area contributed by atoms with Gasteiger partial charge in [0.25, 0.3) is 0 Å². The molecule has 0 spiro atoms. The number of hydrogen-bond donors (Lipinski definition) is 2. The van der Waals surface area contributed by atoms with Crippen LogP contribution >= 0.6 is 11.6 Å². The number of alkyl halides is 4. The molecule has 0 aliphatic carbocycles. The minimum Gasteiger partial charge on any atom is -0.326 e. The van der Waals surface area contributed by atoms with Crippen molar-refractivity contribution in [2.75, 3.05) is 10.6 Å². The number of carbonyl (C=O) groups is 2. The van der Waals surface area contributed by atoms with Gasteiger partial charge in [-0.3, -0.25) is 9.59 Å². The van der Waals surface area contributed by atoms with E-state index in [1.165, 1.54) is 19.1 Å². The van der Waals surface area contributed by atoms with E-state index in [9.17, 15) is 22.8 Å². The number of nitrogens with one attached hydrogen (secondary N) is 2. The van der Waals surface area contributed by atoms with E-state index in [0.29, 0.717) is 11.4 Å². The molecule has 1 atom stereocenters. The van der Waals surface area contributed by atoms with Crippen molar-refractivity contribution in [3.05, 3.63) is 59.7 Å². The number of amides is 2. The zero-order chi connectivity index (χ0) is 18.6. The van der Waals surface area contributed by atoms with Gasteiger partial charge >= 0.3 is 6.18 Å². The first-order valence-electron chi connectivity index (χ1n) is 7.16. The van der Waals surface area contributed by atoms with Gasteiger partial charge in [0.15, 0.2) is 0 Å². The lowest BCUT2D eigenvalue weighted by molar-refractivity contribution is -0.137. The first-order valence-corrected chi connectivity index (χ1v) is 7.60. The molecule has 1 unspecified atom stereocenters. The molecule has 0 saturated heterocycles. The molecule has 0 saturated carbocycles. The van der Waals surface area contributed by atoms with E-state index in [-0.39, 0.29) is 11.5 Å². The number of anilines is 2. The minimum atomic E-state index is -4.45. The quantitative estimate of drug-likeness (QED) is 0.774. The van der Waals surface area contributed by atoms with Gasteiger partial charge < -0.3 is 10.6 Å². The molecule has 0 radical (unpaired) electrons. The molecule has 2 N–H and O–H groups in total. The van der Waals surface area contributed by atoms with E-state index in [2.05, 4.69) is 10.6 Å². The molecule has 0 heterocycles. The second-order valence-electron chi connectivity index (χ2n) is 5.23. The normalized spacial score (nSPS) is 12.4. The van der Waals surface area contributed by atoms with Crippen molar-refractivity contribution in [2.24, 2.45) is 0 Å². The maximum absolute atomic E-state index is 12.5. The summed E-state index contributed by atoms with van der Waals surface area (Å²) in [6.45, 7) is 1.37. The maximum Gasteiger partial charge on any atom is 0.416 e. The molecule has 0 aromatic heterocycles. The predicted molar refractivity (Wildman–Crippen MR) is 89.4 cm³/mol. The number of hydrogen-bond acceptors (Lipinski definition) is 2. The lowest BCUT2D eigenvalue weighted by atomic mass is 10.1. The van der Waals surface area contributed by atoms with Gasteiger partial charge in [-0.05, 0) is 42.0 Å². The van der Waals surface area contributed by atoms with E-state index >= 15 is 0 Å². The second kappa shape index (κ2) is 7.57. The standard InChI is InChI=1S/C17H14ClF3N2O2/c1-10(24)22-13-6-8-14(9-7-13)23-16(25)15(18)11-2-4-12(5-3-11)17(19,20)21/h2-9,15H,1H3,(H,22,24)(H,23,25). The Balaban J connectivity index is 2.03. The van der Waals surface area contributed by atoms with Crippen LogP contribution in [0.15, 0.2) is 48.5 Å². The summed E-state index contributed by atoms with van der Waals surface area (Å²) in [5.41, 5.74) is 0.448. The summed E-state index contributed by atoms with van der Waals surface area (Å²) in [5.74, 6) is -0.798. The molecular weight excluding hydrogens is 357 g/mol. The van der Waals surface area contributed by atoms with E-state index in [1.54, 1.807) is 24.3 Å². The fourth-order valence-corrected chi connectivity index (χ4v) is 2.24. The van der Waals surface area contributed by atoms with Crippen molar-refractivity contribution in [1.29, 1.82) is 0 Å². The molecule has 2 amide bonds. The Hall–Kier alpha value is -2.54. The molecule has 132 valence electrons. The monoisotopic (exact) mass is 370 g/mol. The van der Waals surface area contributed by atoms with Crippen molar-refractivity contribution < 1.29 is 22.8 Å². The molecule has 25 heavy (non-hydrogen) atoms. The van der Waals surface area contributed by atoms with Crippen LogP contribution in [0.5, 0.6) is 0 Å². The average molecular weight is 371 g/mol. The lowest BCUT2D eigenvalue weighted by Gasteiger charge is -2.13. The maximum atomic E-state index is 12.5. The molecule has 2 aromatic carbocycles. The van der Waals surface area contributed by atoms with Crippen LogP contribution in [0.4, 0.5) is 24.5 Å². The Kier molecular flexibility index (Phi) is 5.69. The topological polar surface area (TPSA) is 58.2 Å². The SMILES string of the molecule is CC(=O)Nc1ccc(NC(=O)C(Cl)c2ccc(C(F)(F)F)cc2)cc1. The Labute approximate surface area is 147 Å². The van der Waals surface area contributed by atoms with Gasteiger partial charge in [-0.25, -0.2) is 0 Å². The Bertz CT molecular complexity index is 759. The van der Waals surface area contributed by atoms with Crippen LogP contribution in [0, 0.1) is 0 Å². The minimum absolute atomic E-state index is 0.222. The number of carbonyl (C=O) groups excluding carboxylic acids is 2. The fourth-order valence-electron chi connectivity index (χ4n) is 2.04. The van der Waals surface area contributed by atoms with Crippen molar-refractivity contribution >= 4 is 34.8 Å². The highest BCUT2D eigenvalue weighted by molar-refractivity contribution is 6.32. The largest absolute Gasteiger partial charge is 0.416 e. The first-order chi connectivity index (χ1) is 11.7. The third-order valence-corrected chi connectivity index (χ3v) is 3.68. The summed E-state index contributed by atoms with van der Waals surface area (Å²) in [4.78, 5) is 23.1. The highest BCUT2D eigenvalue weighted by Crippen LogP contribution is 2.31. The smallest absolute Gasteiger partial charge is 0.326 e. The molecule has 0 aliphatic heterocycles. The first kappa shape index (κ1) is 18.8. The van der Waals surface area contributed by atoms with Gasteiger partial charge in [0.05, 0.1) is 5.56 Å². The van der Waals surface area contributed by atoms with Crippen LogP contribution in [0.1, 0.15) is 23.4 Å². The highest BCUT2D eigenvalue weighted by Gasteiger charge is 2.30. The van der Waals surface area contributed by atoms with Crippen molar-refractivity contribution in [3.8, 4) is 0 Å². The number of benzene rings is 2. The third kappa shape index (κ3) is 5.22. The van der Waals surface area contributed by atoms with Crippen LogP contribution in [0.2, 0.25) is 0 Å². The number of rotatable bonds is 4. The summed E-state index contributed by atoms with van der Waals surface area (Å²) in [6, 6.07) is 10.4. The van der Waals surface area contributed by atoms with Crippen LogP contribution in [0.25, 0.3) is 0 Å². The van der Waals surface area contributed by atoms with Crippen LogP contribution in [0.3, 0.4) is 0 Å². The van der Waals surface area contributed by atoms with Gasteiger partial charge in [0, 0.05) is 18.3 Å². The molecule has 0 bridgehead atoms. The molecule has 2 rings (SSSR count). The van der Waals surface area contributed by atoms with E-state index in [1.807, 2.05) is 0 Å². The van der Waals surface area contributed by atoms with Crippen molar-refractivity contribution in [3.63, 3.8) is 0 Å². The fraction of sp³-hybridized carbons (Fsp3) is 0.176. The van der Waals surface area contributed by atoms with Crippen molar-refractivity contribution in [2.45, 2.75) is 18.5 Å². The molecular formula is C17H14ClF3N2O2. The third-order valence-electron chi connectivity index (χ3n) is 3.23. The van der Waals surface area contributed by atoms with Gasteiger partial charge in [-0.15, -0.1) is 11.6 Å². The summed E-state index contributed by atoms with van der Waals surface area (Å²) in [5, 5.41) is 4.00. The number of halogens is 4. The Morgan fingerprint density at radius 1 is 0.920 bits per heavy atom. The van der Waals surface area contributed by atoms with Gasteiger partial charge in [-0.2, -0.15) is 13.2 Å². The molecule has 0 aliphatic rings. The molecule has 8 heteroatoms. The average Bonchev–Trinajstić information content (AvgIpc) is 2.55. The predicted octanol–water partition coefficient (Wildman–Crippen LogP) is 4.58. The summed E-state index contributed by atoms with van der Waals surface area (Å²) < 4.78 is 37.6.